The molecule has 156 valence electrons. The van der Waals surface area contributed by atoms with Gasteiger partial charge in [-0.05, 0) is 106 Å². The van der Waals surface area contributed by atoms with Gasteiger partial charge in [0, 0.05) is 6.42 Å². The standard InChI is InChI=1S/C24H36O4/c1-2-24(19-5-15-3-16(7-19)8-20(24)6-15)28-21(25)13-27-23-11-17-4-18(12-23)10-22(26,9-17)14-23/h15-20,26H,2-14H2,1H3. The highest BCUT2D eigenvalue weighted by Gasteiger charge is 2.60. The van der Waals surface area contributed by atoms with Gasteiger partial charge in [0.2, 0.25) is 0 Å². The molecule has 0 amide bonds. The number of hydrogen-bond acceptors (Lipinski definition) is 4. The van der Waals surface area contributed by atoms with E-state index in [2.05, 4.69) is 6.92 Å². The lowest BCUT2D eigenvalue weighted by Crippen LogP contribution is -2.61. The lowest BCUT2D eigenvalue weighted by molar-refractivity contribution is -0.237. The van der Waals surface area contributed by atoms with E-state index in [4.69, 9.17) is 9.47 Å². The second-order valence-corrected chi connectivity index (χ2v) is 11.7. The summed E-state index contributed by atoms with van der Waals surface area (Å²) in [6.45, 7) is 2.29. The molecule has 4 heteroatoms. The highest BCUT2D eigenvalue weighted by atomic mass is 16.6. The first-order valence-electron chi connectivity index (χ1n) is 12.0. The number of hydrogen-bond donors (Lipinski definition) is 1. The van der Waals surface area contributed by atoms with Gasteiger partial charge in [-0.3, -0.25) is 0 Å². The van der Waals surface area contributed by atoms with Crippen LogP contribution in [0.3, 0.4) is 0 Å². The Labute approximate surface area is 168 Å². The van der Waals surface area contributed by atoms with Gasteiger partial charge < -0.3 is 14.6 Å². The summed E-state index contributed by atoms with van der Waals surface area (Å²) in [7, 11) is 0. The van der Waals surface area contributed by atoms with Gasteiger partial charge in [-0.2, -0.15) is 0 Å². The third-order valence-corrected chi connectivity index (χ3v) is 9.85. The summed E-state index contributed by atoms with van der Waals surface area (Å²) in [4.78, 5) is 13.0. The Morgan fingerprint density at radius 3 is 2.00 bits per heavy atom. The average Bonchev–Trinajstić information content (AvgIpc) is 2.61. The van der Waals surface area contributed by atoms with Crippen LogP contribution in [0.15, 0.2) is 0 Å². The molecule has 8 saturated carbocycles. The molecule has 0 heterocycles. The SMILES string of the molecule is CCC1(OC(=O)COC23CC4CC(CC(O)(C4)C2)C3)C2CC3CC(C2)CC1C3. The summed E-state index contributed by atoms with van der Waals surface area (Å²) in [6.07, 6.45) is 13.3. The maximum Gasteiger partial charge on any atom is 0.332 e. The number of ether oxygens (including phenoxy) is 2. The van der Waals surface area contributed by atoms with Gasteiger partial charge in [-0.25, -0.2) is 4.79 Å². The van der Waals surface area contributed by atoms with Crippen LogP contribution in [-0.2, 0) is 14.3 Å². The van der Waals surface area contributed by atoms with Crippen molar-refractivity contribution in [2.75, 3.05) is 6.61 Å². The molecule has 1 N–H and O–H groups in total. The van der Waals surface area contributed by atoms with Crippen molar-refractivity contribution < 1.29 is 19.4 Å². The third-order valence-electron chi connectivity index (χ3n) is 9.85. The molecule has 0 aromatic heterocycles. The maximum atomic E-state index is 13.0. The Morgan fingerprint density at radius 2 is 1.46 bits per heavy atom. The highest BCUT2D eigenvalue weighted by molar-refractivity contribution is 5.71. The van der Waals surface area contributed by atoms with Crippen LogP contribution in [0.2, 0.25) is 0 Å². The molecule has 0 saturated heterocycles. The van der Waals surface area contributed by atoms with E-state index >= 15 is 0 Å². The van der Waals surface area contributed by atoms with Crippen molar-refractivity contribution in [1.82, 2.24) is 0 Å². The number of rotatable bonds is 5. The van der Waals surface area contributed by atoms with E-state index in [9.17, 15) is 9.90 Å². The Balaban J connectivity index is 1.14. The Kier molecular flexibility index (Phi) is 3.88. The van der Waals surface area contributed by atoms with Crippen molar-refractivity contribution in [2.45, 2.75) is 101 Å². The van der Waals surface area contributed by atoms with Crippen LogP contribution in [0.25, 0.3) is 0 Å². The van der Waals surface area contributed by atoms with Crippen LogP contribution in [-0.4, -0.2) is 34.5 Å². The van der Waals surface area contributed by atoms with Crippen LogP contribution in [0.1, 0.15) is 84.0 Å². The predicted octanol–water partition coefficient (Wildman–Crippen LogP) is 4.23. The topological polar surface area (TPSA) is 55.8 Å². The number of esters is 1. The molecule has 8 aliphatic rings. The summed E-state index contributed by atoms with van der Waals surface area (Å²) in [5.74, 6) is 3.89. The van der Waals surface area contributed by atoms with Crippen molar-refractivity contribution in [2.24, 2.45) is 35.5 Å². The molecule has 0 aliphatic heterocycles. The number of carbonyl (C=O) groups is 1. The zero-order valence-corrected chi connectivity index (χ0v) is 17.3. The average molecular weight is 389 g/mol. The first-order chi connectivity index (χ1) is 13.4. The Hall–Kier alpha value is -0.610. The summed E-state index contributed by atoms with van der Waals surface area (Å²) in [5, 5.41) is 10.9. The van der Waals surface area contributed by atoms with Crippen LogP contribution >= 0.6 is 0 Å². The van der Waals surface area contributed by atoms with E-state index < -0.39 is 5.60 Å². The van der Waals surface area contributed by atoms with E-state index in [1.807, 2.05) is 0 Å². The van der Waals surface area contributed by atoms with Crippen LogP contribution in [0.4, 0.5) is 0 Å². The van der Waals surface area contributed by atoms with Gasteiger partial charge >= 0.3 is 5.97 Å². The molecular weight excluding hydrogens is 352 g/mol. The molecule has 0 aromatic carbocycles. The first-order valence-corrected chi connectivity index (χ1v) is 12.0. The quantitative estimate of drug-likeness (QED) is 0.716. The van der Waals surface area contributed by atoms with Crippen molar-refractivity contribution in [3.05, 3.63) is 0 Å². The van der Waals surface area contributed by atoms with E-state index in [-0.39, 0.29) is 23.8 Å². The second-order valence-electron chi connectivity index (χ2n) is 11.7. The maximum absolute atomic E-state index is 13.0. The third kappa shape index (κ3) is 2.66. The molecule has 0 spiro atoms. The van der Waals surface area contributed by atoms with Crippen LogP contribution in [0, 0.1) is 35.5 Å². The van der Waals surface area contributed by atoms with Crippen molar-refractivity contribution in [3.8, 4) is 0 Å². The normalized spacial score (nSPS) is 55.6. The largest absolute Gasteiger partial charge is 0.457 e. The molecule has 8 aliphatic carbocycles. The molecule has 4 nitrogen and oxygen atoms in total. The number of carbonyl (C=O) groups excluding carboxylic acids is 1. The minimum Gasteiger partial charge on any atom is -0.457 e. The first kappa shape index (κ1) is 18.2. The van der Waals surface area contributed by atoms with Gasteiger partial charge in [0.05, 0.1) is 11.2 Å². The molecule has 8 bridgehead atoms. The van der Waals surface area contributed by atoms with E-state index in [0.717, 1.165) is 43.9 Å². The van der Waals surface area contributed by atoms with Crippen molar-refractivity contribution in [1.29, 1.82) is 0 Å². The number of aliphatic hydroxyl groups is 1. The minimum absolute atomic E-state index is 0.0730. The Bertz CT molecular complexity index is 628. The molecule has 8 fully saturated rings. The van der Waals surface area contributed by atoms with Crippen LogP contribution < -0.4 is 0 Å². The van der Waals surface area contributed by atoms with Gasteiger partial charge in [0.1, 0.15) is 12.2 Å². The smallest absolute Gasteiger partial charge is 0.332 e. The zero-order chi connectivity index (χ0) is 19.1. The molecule has 0 aromatic rings. The van der Waals surface area contributed by atoms with Gasteiger partial charge in [0.15, 0.2) is 0 Å². The second kappa shape index (κ2) is 5.97. The van der Waals surface area contributed by atoms with Gasteiger partial charge in [-0.15, -0.1) is 0 Å². The van der Waals surface area contributed by atoms with Crippen molar-refractivity contribution in [3.63, 3.8) is 0 Å². The summed E-state index contributed by atoms with van der Waals surface area (Å²) < 4.78 is 12.6. The van der Waals surface area contributed by atoms with E-state index in [1.165, 1.54) is 38.5 Å². The molecule has 0 radical (unpaired) electrons. The zero-order valence-electron chi connectivity index (χ0n) is 17.3. The summed E-state index contributed by atoms with van der Waals surface area (Å²) >= 11 is 0. The molecule has 8 rings (SSSR count). The van der Waals surface area contributed by atoms with E-state index in [1.54, 1.807) is 0 Å². The van der Waals surface area contributed by atoms with Gasteiger partial charge in [-0.1, -0.05) is 6.92 Å². The predicted molar refractivity (Wildman–Crippen MR) is 104 cm³/mol. The lowest BCUT2D eigenvalue weighted by atomic mass is 9.49. The fourth-order valence-corrected chi connectivity index (χ4v) is 9.55. The summed E-state index contributed by atoms with van der Waals surface area (Å²) in [5.41, 5.74) is -1.05. The fourth-order valence-electron chi connectivity index (χ4n) is 9.55. The molecular formula is C24H36O4. The lowest BCUT2D eigenvalue weighted by Gasteiger charge is -2.60. The fraction of sp³-hybridized carbons (Fsp3) is 0.958. The summed E-state index contributed by atoms with van der Waals surface area (Å²) in [6, 6.07) is 0. The van der Waals surface area contributed by atoms with E-state index in [0.29, 0.717) is 30.1 Å². The van der Waals surface area contributed by atoms with Gasteiger partial charge in [0.25, 0.3) is 0 Å². The monoisotopic (exact) mass is 388 g/mol. The minimum atomic E-state index is -0.542. The van der Waals surface area contributed by atoms with Crippen LogP contribution in [0.5, 0.6) is 0 Å². The highest BCUT2D eigenvalue weighted by Crippen LogP contribution is 2.61. The molecule has 2 atom stereocenters. The Morgan fingerprint density at radius 1 is 0.893 bits per heavy atom. The molecule has 2 unspecified atom stereocenters. The van der Waals surface area contributed by atoms with Crippen molar-refractivity contribution >= 4 is 5.97 Å². The molecule has 28 heavy (non-hydrogen) atoms.